The van der Waals surface area contributed by atoms with E-state index in [9.17, 15) is 4.79 Å². The van der Waals surface area contributed by atoms with Crippen LogP contribution in [0.2, 0.25) is 10.0 Å². The predicted molar refractivity (Wildman–Crippen MR) is 113 cm³/mol. The normalized spacial score (nSPS) is 15.3. The van der Waals surface area contributed by atoms with Gasteiger partial charge >= 0.3 is 0 Å². The minimum absolute atomic E-state index is 0.0378. The maximum Gasteiger partial charge on any atom is 0.253 e. The average molecular weight is 406 g/mol. The zero-order chi connectivity index (χ0) is 19.4. The van der Waals surface area contributed by atoms with Crippen LogP contribution in [0.25, 0.3) is 0 Å². The van der Waals surface area contributed by atoms with Crippen molar-refractivity contribution in [1.29, 1.82) is 0 Å². The third-order valence-corrected chi connectivity index (χ3v) is 5.92. The molecule has 0 unspecified atom stereocenters. The van der Waals surface area contributed by atoms with Gasteiger partial charge in [-0.05, 0) is 44.0 Å². The summed E-state index contributed by atoms with van der Waals surface area (Å²) in [6.45, 7) is 2.49. The summed E-state index contributed by atoms with van der Waals surface area (Å²) in [5.41, 5.74) is 7.92. The van der Waals surface area contributed by atoms with Crippen LogP contribution in [0, 0.1) is 0 Å². The first-order chi connectivity index (χ1) is 13.0. The SMILES string of the molecule is CN(CCc1ccccc1)C1CCN(C(=O)c2cc(Cl)c(N)c(Cl)c2)CC1. The van der Waals surface area contributed by atoms with Gasteiger partial charge < -0.3 is 15.5 Å². The van der Waals surface area contributed by atoms with E-state index in [4.69, 9.17) is 28.9 Å². The van der Waals surface area contributed by atoms with E-state index in [1.165, 1.54) is 5.56 Å². The smallest absolute Gasteiger partial charge is 0.253 e. The van der Waals surface area contributed by atoms with E-state index in [-0.39, 0.29) is 5.91 Å². The third-order valence-electron chi connectivity index (χ3n) is 5.30. The molecule has 0 aliphatic carbocycles. The van der Waals surface area contributed by atoms with Gasteiger partial charge in [0.15, 0.2) is 0 Å². The Morgan fingerprint density at radius 2 is 1.74 bits per heavy atom. The predicted octanol–water partition coefficient (Wildman–Crippen LogP) is 4.35. The molecular weight excluding hydrogens is 381 g/mol. The van der Waals surface area contributed by atoms with E-state index >= 15 is 0 Å². The molecule has 3 rings (SSSR count). The van der Waals surface area contributed by atoms with Crippen molar-refractivity contribution in [1.82, 2.24) is 9.80 Å². The Labute approximate surface area is 170 Å². The Kier molecular flexibility index (Phi) is 6.64. The van der Waals surface area contributed by atoms with Crippen molar-refractivity contribution in [3.05, 3.63) is 63.6 Å². The van der Waals surface area contributed by atoms with Crippen molar-refractivity contribution in [3.63, 3.8) is 0 Å². The van der Waals surface area contributed by atoms with Crippen molar-refractivity contribution >= 4 is 34.8 Å². The number of nitrogens with zero attached hydrogens (tertiary/aromatic N) is 2. The van der Waals surface area contributed by atoms with Crippen molar-refractivity contribution in [2.24, 2.45) is 0 Å². The fourth-order valence-electron chi connectivity index (χ4n) is 3.53. The molecule has 6 heteroatoms. The Hall–Kier alpha value is -1.75. The number of benzene rings is 2. The van der Waals surface area contributed by atoms with E-state index in [0.717, 1.165) is 38.9 Å². The molecule has 144 valence electrons. The maximum absolute atomic E-state index is 12.8. The third kappa shape index (κ3) is 4.95. The van der Waals surface area contributed by atoms with Crippen LogP contribution in [0.5, 0.6) is 0 Å². The number of rotatable bonds is 5. The standard InChI is InChI=1S/C21H25Cl2N3O/c1-25(10-7-15-5-3-2-4-6-15)17-8-11-26(12-9-17)21(27)16-13-18(22)20(24)19(23)14-16/h2-6,13-14,17H,7-12,24H2,1H3. The number of anilines is 1. The average Bonchev–Trinajstić information content (AvgIpc) is 2.70. The van der Waals surface area contributed by atoms with Crippen LogP contribution in [-0.2, 0) is 6.42 Å². The van der Waals surface area contributed by atoms with E-state index < -0.39 is 0 Å². The topological polar surface area (TPSA) is 49.6 Å². The molecule has 1 aliphatic rings. The number of halogens is 2. The molecule has 2 N–H and O–H groups in total. The molecule has 1 fully saturated rings. The monoisotopic (exact) mass is 405 g/mol. The number of piperidine rings is 1. The lowest BCUT2D eigenvalue weighted by Crippen LogP contribution is -2.46. The zero-order valence-corrected chi connectivity index (χ0v) is 17.0. The Balaban J connectivity index is 1.53. The quantitative estimate of drug-likeness (QED) is 0.751. The van der Waals surface area contributed by atoms with Gasteiger partial charge in [0.2, 0.25) is 0 Å². The Morgan fingerprint density at radius 3 is 2.33 bits per heavy atom. The lowest BCUT2D eigenvalue weighted by atomic mass is 10.0. The van der Waals surface area contributed by atoms with Gasteiger partial charge in [0.1, 0.15) is 0 Å². The molecule has 1 saturated heterocycles. The number of likely N-dealkylation sites (tertiary alicyclic amines) is 1. The number of nitrogen functional groups attached to an aromatic ring is 1. The number of likely N-dealkylation sites (N-methyl/N-ethyl adjacent to an activating group) is 1. The summed E-state index contributed by atoms with van der Waals surface area (Å²) in [6.07, 6.45) is 2.97. The highest BCUT2D eigenvalue weighted by molar-refractivity contribution is 6.39. The molecule has 0 atom stereocenters. The number of amides is 1. The van der Waals surface area contributed by atoms with Gasteiger partial charge in [-0.25, -0.2) is 0 Å². The largest absolute Gasteiger partial charge is 0.396 e. The highest BCUT2D eigenvalue weighted by Crippen LogP contribution is 2.30. The van der Waals surface area contributed by atoms with Crippen molar-refractivity contribution in [2.75, 3.05) is 32.4 Å². The van der Waals surface area contributed by atoms with Crippen molar-refractivity contribution in [2.45, 2.75) is 25.3 Å². The fraction of sp³-hybridized carbons (Fsp3) is 0.381. The lowest BCUT2D eigenvalue weighted by Gasteiger charge is -2.37. The molecule has 0 spiro atoms. The van der Waals surface area contributed by atoms with E-state index in [1.54, 1.807) is 12.1 Å². The Bertz CT molecular complexity index is 766. The van der Waals surface area contributed by atoms with Crippen LogP contribution in [0.3, 0.4) is 0 Å². The maximum atomic E-state index is 12.8. The first kappa shape index (κ1) is 20.0. The van der Waals surface area contributed by atoms with Crippen molar-refractivity contribution in [3.8, 4) is 0 Å². The summed E-state index contributed by atoms with van der Waals surface area (Å²) in [4.78, 5) is 17.0. The number of carbonyl (C=O) groups excluding carboxylic acids is 1. The minimum atomic E-state index is -0.0378. The second kappa shape index (κ2) is 8.96. The lowest BCUT2D eigenvalue weighted by molar-refractivity contribution is 0.0647. The summed E-state index contributed by atoms with van der Waals surface area (Å²) in [5, 5.41) is 0.641. The fourth-order valence-corrected chi connectivity index (χ4v) is 4.02. The van der Waals surface area contributed by atoms with Crippen LogP contribution in [-0.4, -0.2) is 48.4 Å². The van der Waals surface area contributed by atoms with Gasteiger partial charge in [-0.1, -0.05) is 53.5 Å². The Morgan fingerprint density at radius 1 is 1.15 bits per heavy atom. The summed E-state index contributed by atoms with van der Waals surface area (Å²) >= 11 is 12.1. The highest BCUT2D eigenvalue weighted by atomic mass is 35.5. The van der Waals surface area contributed by atoms with Crippen molar-refractivity contribution < 1.29 is 4.79 Å². The van der Waals surface area contributed by atoms with Gasteiger partial charge in [0.05, 0.1) is 15.7 Å². The first-order valence-electron chi connectivity index (χ1n) is 9.23. The molecule has 27 heavy (non-hydrogen) atoms. The number of nitrogens with two attached hydrogens (primary N) is 1. The second-order valence-corrected chi connectivity index (χ2v) is 7.91. The summed E-state index contributed by atoms with van der Waals surface area (Å²) < 4.78 is 0. The summed E-state index contributed by atoms with van der Waals surface area (Å²) in [7, 11) is 2.17. The van der Waals surface area contributed by atoms with Gasteiger partial charge in [-0.15, -0.1) is 0 Å². The molecule has 1 heterocycles. The molecule has 2 aromatic carbocycles. The van der Waals surface area contributed by atoms with Crippen LogP contribution >= 0.6 is 23.2 Å². The summed E-state index contributed by atoms with van der Waals surface area (Å²) in [6, 6.07) is 14.2. The second-order valence-electron chi connectivity index (χ2n) is 7.09. The number of hydrogen-bond donors (Lipinski definition) is 1. The molecule has 2 aromatic rings. The van der Waals surface area contributed by atoms with Gasteiger partial charge in [-0.2, -0.15) is 0 Å². The minimum Gasteiger partial charge on any atom is -0.396 e. The molecule has 4 nitrogen and oxygen atoms in total. The van der Waals surface area contributed by atoms with Gasteiger partial charge in [0, 0.05) is 31.2 Å². The summed E-state index contributed by atoms with van der Waals surface area (Å²) in [5.74, 6) is -0.0378. The molecule has 0 bridgehead atoms. The first-order valence-corrected chi connectivity index (χ1v) is 9.99. The molecule has 1 amide bonds. The van der Waals surface area contributed by atoms with E-state index in [0.29, 0.717) is 27.3 Å². The number of hydrogen-bond acceptors (Lipinski definition) is 3. The van der Waals surface area contributed by atoms with Crippen LogP contribution < -0.4 is 5.73 Å². The number of carbonyl (C=O) groups is 1. The van der Waals surface area contributed by atoms with Gasteiger partial charge in [0.25, 0.3) is 5.91 Å². The zero-order valence-electron chi connectivity index (χ0n) is 15.5. The molecular formula is C21H25Cl2N3O. The molecule has 0 radical (unpaired) electrons. The molecule has 1 aliphatic heterocycles. The molecule has 0 aromatic heterocycles. The van der Waals surface area contributed by atoms with Crippen LogP contribution in [0.1, 0.15) is 28.8 Å². The van der Waals surface area contributed by atoms with Crippen LogP contribution in [0.15, 0.2) is 42.5 Å². The van der Waals surface area contributed by atoms with Crippen LogP contribution in [0.4, 0.5) is 5.69 Å². The van der Waals surface area contributed by atoms with E-state index in [2.05, 4.69) is 36.2 Å². The highest BCUT2D eigenvalue weighted by Gasteiger charge is 2.26. The molecule has 0 saturated carbocycles. The van der Waals surface area contributed by atoms with Gasteiger partial charge in [-0.3, -0.25) is 4.79 Å². The van der Waals surface area contributed by atoms with E-state index in [1.807, 2.05) is 11.0 Å².